The van der Waals surface area contributed by atoms with Gasteiger partial charge in [0, 0.05) is 26.2 Å². The summed E-state index contributed by atoms with van der Waals surface area (Å²) in [4.78, 5) is 4.92. The fourth-order valence-corrected chi connectivity index (χ4v) is 4.87. The van der Waals surface area contributed by atoms with Gasteiger partial charge in [0.1, 0.15) is 30.3 Å². The molecule has 4 rings (SSSR count). The van der Waals surface area contributed by atoms with E-state index < -0.39 is 5.60 Å². The van der Waals surface area contributed by atoms with Gasteiger partial charge in [-0.2, -0.15) is 0 Å². The summed E-state index contributed by atoms with van der Waals surface area (Å²) in [5, 5.41) is 11.0. The molecule has 5 heteroatoms. The lowest BCUT2D eigenvalue weighted by molar-refractivity contribution is -0.0538. The number of aryl methyl sites for hydroxylation is 2. The summed E-state index contributed by atoms with van der Waals surface area (Å²) in [6.45, 7) is 11.4. The van der Waals surface area contributed by atoms with Gasteiger partial charge in [-0.25, -0.2) is 0 Å². The largest absolute Gasteiger partial charge is 0.492 e. The number of ether oxygens (including phenoxy) is 2. The van der Waals surface area contributed by atoms with E-state index >= 15 is 0 Å². The summed E-state index contributed by atoms with van der Waals surface area (Å²) >= 11 is 0. The minimum absolute atomic E-state index is 0.355. The van der Waals surface area contributed by atoms with E-state index in [-0.39, 0.29) is 0 Å². The SMILES string of the molecule is Cc1ccc(OCC2(O)CCN(Cc3ccc(OCCN4CCCCC4)cc3)CC2)c(C)c1. The molecule has 0 amide bonds. The van der Waals surface area contributed by atoms with Crippen LogP contribution in [0.25, 0.3) is 0 Å². The van der Waals surface area contributed by atoms with Crippen molar-refractivity contribution in [2.24, 2.45) is 0 Å². The molecule has 0 aliphatic carbocycles. The monoisotopic (exact) mass is 452 g/mol. The van der Waals surface area contributed by atoms with Gasteiger partial charge in [-0.3, -0.25) is 9.80 Å². The molecule has 2 heterocycles. The molecule has 0 saturated carbocycles. The van der Waals surface area contributed by atoms with Gasteiger partial charge in [0.25, 0.3) is 0 Å². The lowest BCUT2D eigenvalue weighted by Gasteiger charge is -2.38. The van der Waals surface area contributed by atoms with E-state index in [1.807, 2.05) is 6.07 Å². The number of nitrogens with zero attached hydrogens (tertiary/aromatic N) is 2. The third-order valence-corrected chi connectivity index (χ3v) is 7.07. The molecule has 1 N–H and O–H groups in total. The van der Waals surface area contributed by atoms with E-state index in [4.69, 9.17) is 9.47 Å². The van der Waals surface area contributed by atoms with Crippen LogP contribution >= 0.6 is 0 Å². The highest BCUT2D eigenvalue weighted by Gasteiger charge is 2.33. The summed E-state index contributed by atoms with van der Waals surface area (Å²) in [5.74, 6) is 1.82. The number of hydrogen-bond acceptors (Lipinski definition) is 5. The quantitative estimate of drug-likeness (QED) is 0.604. The van der Waals surface area contributed by atoms with Crippen LogP contribution in [-0.2, 0) is 6.54 Å². The highest BCUT2D eigenvalue weighted by Crippen LogP contribution is 2.27. The predicted octanol–water partition coefficient (Wildman–Crippen LogP) is 4.57. The van der Waals surface area contributed by atoms with Crippen LogP contribution in [0.1, 0.15) is 48.8 Å². The summed E-state index contributed by atoms with van der Waals surface area (Å²) in [6, 6.07) is 14.7. The van der Waals surface area contributed by atoms with Crippen LogP contribution in [-0.4, -0.2) is 66.4 Å². The smallest absolute Gasteiger partial charge is 0.122 e. The van der Waals surface area contributed by atoms with Crippen LogP contribution in [0.2, 0.25) is 0 Å². The first-order valence-electron chi connectivity index (χ1n) is 12.6. The minimum atomic E-state index is -0.750. The summed E-state index contributed by atoms with van der Waals surface area (Å²) in [7, 11) is 0. The molecule has 5 nitrogen and oxygen atoms in total. The van der Waals surface area contributed by atoms with E-state index in [9.17, 15) is 5.11 Å². The van der Waals surface area contributed by atoms with Crippen LogP contribution in [0.5, 0.6) is 11.5 Å². The number of hydrogen-bond donors (Lipinski definition) is 1. The normalized spacial score (nSPS) is 19.4. The molecule has 0 aromatic heterocycles. The molecule has 0 atom stereocenters. The Balaban J connectivity index is 1.17. The Morgan fingerprint density at radius 2 is 1.58 bits per heavy atom. The molecular formula is C28H40N2O3. The van der Waals surface area contributed by atoms with Crippen LogP contribution < -0.4 is 9.47 Å². The Bertz CT molecular complexity index is 869. The molecule has 2 aliphatic rings. The first-order valence-corrected chi connectivity index (χ1v) is 12.6. The second-order valence-electron chi connectivity index (χ2n) is 9.95. The lowest BCUT2D eigenvalue weighted by Crippen LogP contribution is -2.47. The average molecular weight is 453 g/mol. The maximum atomic E-state index is 11.0. The molecule has 2 aromatic carbocycles. The van der Waals surface area contributed by atoms with Crippen LogP contribution in [0.15, 0.2) is 42.5 Å². The summed E-state index contributed by atoms with van der Waals surface area (Å²) in [6.07, 6.45) is 5.48. The van der Waals surface area contributed by atoms with Gasteiger partial charge in [-0.15, -0.1) is 0 Å². The molecule has 0 bridgehead atoms. The second kappa shape index (κ2) is 11.4. The van der Waals surface area contributed by atoms with Gasteiger partial charge in [-0.1, -0.05) is 36.2 Å². The van der Waals surface area contributed by atoms with Crippen molar-refractivity contribution < 1.29 is 14.6 Å². The molecule has 0 unspecified atom stereocenters. The average Bonchev–Trinajstić information content (AvgIpc) is 2.82. The molecule has 2 aromatic rings. The van der Waals surface area contributed by atoms with E-state index in [1.54, 1.807) is 0 Å². The maximum Gasteiger partial charge on any atom is 0.122 e. The Labute approximate surface area is 199 Å². The highest BCUT2D eigenvalue weighted by molar-refractivity contribution is 5.35. The van der Waals surface area contributed by atoms with E-state index in [2.05, 4.69) is 60.0 Å². The zero-order valence-electron chi connectivity index (χ0n) is 20.4. The van der Waals surface area contributed by atoms with Gasteiger partial charge < -0.3 is 14.6 Å². The van der Waals surface area contributed by atoms with E-state index in [0.29, 0.717) is 6.61 Å². The topological polar surface area (TPSA) is 45.2 Å². The van der Waals surface area contributed by atoms with Crippen molar-refractivity contribution >= 4 is 0 Å². The number of aliphatic hydroxyl groups is 1. The first kappa shape index (κ1) is 24.1. The molecule has 0 radical (unpaired) electrons. The van der Waals surface area contributed by atoms with Crippen molar-refractivity contribution in [3.05, 3.63) is 59.2 Å². The van der Waals surface area contributed by atoms with Crippen LogP contribution in [0, 0.1) is 13.8 Å². The van der Waals surface area contributed by atoms with Crippen molar-refractivity contribution in [3.8, 4) is 11.5 Å². The van der Waals surface area contributed by atoms with E-state index in [1.165, 1.54) is 43.5 Å². The zero-order chi connectivity index (χ0) is 23.1. The van der Waals surface area contributed by atoms with Crippen molar-refractivity contribution in [1.29, 1.82) is 0 Å². The Kier molecular flexibility index (Phi) is 8.29. The number of likely N-dealkylation sites (tertiary alicyclic amines) is 2. The predicted molar refractivity (Wildman–Crippen MR) is 133 cm³/mol. The van der Waals surface area contributed by atoms with Crippen LogP contribution in [0.3, 0.4) is 0 Å². The van der Waals surface area contributed by atoms with Crippen molar-refractivity contribution in [3.63, 3.8) is 0 Å². The fraction of sp³-hybridized carbons (Fsp3) is 0.571. The number of rotatable bonds is 9. The van der Waals surface area contributed by atoms with Crippen molar-refractivity contribution in [1.82, 2.24) is 9.80 Å². The van der Waals surface area contributed by atoms with Gasteiger partial charge in [0.2, 0.25) is 0 Å². The number of piperidine rings is 2. The zero-order valence-corrected chi connectivity index (χ0v) is 20.4. The third-order valence-electron chi connectivity index (χ3n) is 7.07. The van der Waals surface area contributed by atoms with E-state index in [0.717, 1.165) is 62.7 Å². The standard InChI is InChI=1S/C28H40N2O3/c1-23-6-11-27(24(2)20-23)33-22-28(31)12-16-30(17-13-28)21-25-7-9-26(10-8-25)32-19-18-29-14-4-3-5-15-29/h6-11,20,31H,3-5,12-19,21-22H2,1-2H3. The highest BCUT2D eigenvalue weighted by atomic mass is 16.5. The summed E-state index contributed by atoms with van der Waals surface area (Å²) < 4.78 is 11.9. The fourth-order valence-electron chi connectivity index (χ4n) is 4.87. The Morgan fingerprint density at radius 3 is 2.27 bits per heavy atom. The van der Waals surface area contributed by atoms with Gasteiger partial charge in [-0.05, 0) is 81.9 Å². The van der Waals surface area contributed by atoms with Crippen molar-refractivity contribution in [2.45, 2.75) is 58.1 Å². The Morgan fingerprint density at radius 1 is 0.848 bits per heavy atom. The molecule has 180 valence electrons. The minimum Gasteiger partial charge on any atom is -0.492 e. The van der Waals surface area contributed by atoms with Crippen LogP contribution in [0.4, 0.5) is 0 Å². The molecular weight excluding hydrogens is 412 g/mol. The van der Waals surface area contributed by atoms with Gasteiger partial charge in [0.15, 0.2) is 0 Å². The molecule has 0 spiro atoms. The molecule has 2 fully saturated rings. The second-order valence-corrected chi connectivity index (χ2v) is 9.95. The summed E-state index contributed by atoms with van der Waals surface area (Å²) in [5.41, 5.74) is 2.88. The van der Waals surface area contributed by atoms with Gasteiger partial charge >= 0.3 is 0 Å². The van der Waals surface area contributed by atoms with Gasteiger partial charge in [0.05, 0.1) is 0 Å². The molecule has 2 saturated heterocycles. The lowest BCUT2D eigenvalue weighted by atomic mass is 9.92. The maximum absolute atomic E-state index is 11.0. The number of benzene rings is 2. The first-order chi connectivity index (χ1) is 16.0. The Hall–Kier alpha value is -2.08. The molecule has 33 heavy (non-hydrogen) atoms. The third kappa shape index (κ3) is 7.20. The van der Waals surface area contributed by atoms with Crippen molar-refractivity contribution in [2.75, 3.05) is 45.9 Å². The molecule has 2 aliphatic heterocycles.